The van der Waals surface area contributed by atoms with Crippen LogP contribution in [-0.4, -0.2) is 31.2 Å². The van der Waals surface area contributed by atoms with Crippen LogP contribution in [0.25, 0.3) is 10.9 Å². The lowest BCUT2D eigenvalue weighted by Gasteiger charge is -2.21. The van der Waals surface area contributed by atoms with E-state index < -0.39 is 5.56 Å². The molecule has 0 aliphatic rings. The first-order valence-electron chi connectivity index (χ1n) is 8.63. The molecule has 0 saturated heterocycles. The Labute approximate surface area is 155 Å². The molecule has 8 heteroatoms. The molecule has 0 radical (unpaired) electrons. The van der Waals surface area contributed by atoms with Gasteiger partial charge >= 0.3 is 0 Å². The topological polar surface area (TPSA) is 108 Å². The SMILES string of the molecule is CCN(Cc1nc2ccccc2c(=O)[nH]1)Cn1nc(C)c(C)c(C#N)c1=O. The van der Waals surface area contributed by atoms with E-state index in [1.807, 2.05) is 24.0 Å². The van der Waals surface area contributed by atoms with Gasteiger partial charge in [0.2, 0.25) is 0 Å². The lowest BCUT2D eigenvalue weighted by Crippen LogP contribution is -2.36. The van der Waals surface area contributed by atoms with E-state index >= 15 is 0 Å². The highest BCUT2D eigenvalue weighted by Crippen LogP contribution is 2.08. The van der Waals surface area contributed by atoms with Crippen molar-refractivity contribution >= 4 is 10.9 Å². The Morgan fingerprint density at radius 3 is 2.70 bits per heavy atom. The molecule has 0 unspecified atom stereocenters. The monoisotopic (exact) mass is 364 g/mol. The van der Waals surface area contributed by atoms with Gasteiger partial charge in [0.15, 0.2) is 0 Å². The van der Waals surface area contributed by atoms with Crippen molar-refractivity contribution in [3.05, 3.63) is 67.6 Å². The fourth-order valence-electron chi connectivity index (χ4n) is 2.87. The van der Waals surface area contributed by atoms with Crippen LogP contribution < -0.4 is 11.1 Å². The number of fused-ring (bicyclic) bond motifs is 1. The number of rotatable bonds is 5. The molecule has 1 N–H and O–H groups in total. The number of benzene rings is 1. The largest absolute Gasteiger partial charge is 0.309 e. The smallest absolute Gasteiger partial charge is 0.286 e. The summed E-state index contributed by atoms with van der Waals surface area (Å²) in [6, 6.07) is 9.10. The Morgan fingerprint density at radius 1 is 1.26 bits per heavy atom. The Kier molecular flexibility index (Phi) is 5.14. The molecule has 3 rings (SSSR count). The normalized spacial score (nSPS) is 11.1. The molecular formula is C19H20N6O2. The second-order valence-electron chi connectivity index (χ2n) is 6.32. The number of nitrogens with one attached hydrogen (secondary N) is 1. The van der Waals surface area contributed by atoms with Crippen molar-refractivity contribution in [1.82, 2.24) is 24.6 Å². The Bertz CT molecular complexity index is 1160. The molecular weight excluding hydrogens is 344 g/mol. The molecule has 0 bridgehead atoms. The number of nitriles is 1. The van der Waals surface area contributed by atoms with Crippen molar-refractivity contribution < 1.29 is 0 Å². The number of aryl methyl sites for hydroxylation is 1. The average molecular weight is 364 g/mol. The van der Waals surface area contributed by atoms with Gasteiger partial charge < -0.3 is 4.98 Å². The highest BCUT2D eigenvalue weighted by atomic mass is 16.1. The summed E-state index contributed by atoms with van der Waals surface area (Å²) in [7, 11) is 0. The van der Waals surface area contributed by atoms with Gasteiger partial charge in [-0.25, -0.2) is 9.67 Å². The number of hydrogen-bond donors (Lipinski definition) is 1. The fourth-order valence-corrected chi connectivity index (χ4v) is 2.87. The minimum Gasteiger partial charge on any atom is -0.309 e. The van der Waals surface area contributed by atoms with E-state index in [1.165, 1.54) is 4.68 Å². The van der Waals surface area contributed by atoms with Gasteiger partial charge in [-0.05, 0) is 38.1 Å². The highest BCUT2D eigenvalue weighted by molar-refractivity contribution is 5.77. The predicted octanol–water partition coefficient (Wildman–Crippen LogP) is 1.45. The van der Waals surface area contributed by atoms with Crippen molar-refractivity contribution in [3.8, 4) is 6.07 Å². The molecule has 27 heavy (non-hydrogen) atoms. The standard InChI is InChI=1S/C19H20N6O2/c1-4-24(11-25-19(27)15(9-20)12(2)13(3)23-25)10-17-21-16-8-6-5-7-14(16)18(26)22-17/h5-8H,4,10-11H2,1-3H3,(H,21,22,26). The summed E-state index contributed by atoms with van der Waals surface area (Å²) >= 11 is 0. The first kappa shape index (κ1) is 18.5. The van der Waals surface area contributed by atoms with Crippen LogP contribution in [0.2, 0.25) is 0 Å². The van der Waals surface area contributed by atoms with Crippen LogP contribution in [0.4, 0.5) is 0 Å². The molecule has 0 atom stereocenters. The minimum atomic E-state index is -0.418. The lowest BCUT2D eigenvalue weighted by atomic mass is 10.1. The zero-order valence-electron chi connectivity index (χ0n) is 15.5. The number of nitrogens with zero attached hydrogens (tertiary/aromatic N) is 5. The molecule has 3 aromatic rings. The van der Waals surface area contributed by atoms with Gasteiger partial charge in [-0.1, -0.05) is 19.1 Å². The predicted molar refractivity (Wildman–Crippen MR) is 101 cm³/mol. The van der Waals surface area contributed by atoms with Crippen LogP contribution >= 0.6 is 0 Å². The summed E-state index contributed by atoms with van der Waals surface area (Å²) < 4.78 is 1.28. The number of hydrogen-bond acceptors (Lipinski definition) is 6. The zero-order chi connectivity index (χ0) is 19.6. The second-order valence-corrected chi connectivity index (χ2v) is 6.32. The molecule has 0 aliphatic heterocycles. The van der Waals surface area contributed by atoms with Gasteiger partial charge in [0.1, 0.15) is 17.5 Å². The van der Waals surface area contributed by atoms with E-state index in [4.69, 9.17) is 0 Å². The van der Waals surface area contributed by atoms with Crippen LogP contribution in [0, 0.1) is 25.2 Å². The number of para-hydroxylation sites is 1. The first-order valence-corrected chi connectivity index (χ1v) is 8.63. The molecule has 138 valence electrons. The molecule has 0 amide bonds. The van der Waals surface area contributed by atoms with Crippen molar-refractivity contribution in [2.24, 2.45) is 0 Å². The van der Waals surface area contributed by atoms with Gasteiger partial charge in [-0.2, -0.15) is 10.4 Å². The van der Waals surface area contributed by atoms with E-state index in [9.17, 15) is 14.9 Å². The summed E-state index contributed by atoms with van der Waals surface area (Å²) in [4.78, 5) is 33.9. The van der Waals surface area contributed by atoms with E-state index in [0.29, 0.717) is 41.1 Å². The van der Waals surface area contributed by atoms with Crippen LogP contribution in [-0.2, 0) is 13.2 Å². The molecule has 0 aliphatic carbocycles. The van der Waals surface area contributed by atoms with Gasteiger partial charge in [-0.15, -0.1) is 0 Å². The zero-order valence-corrected chi connectivity index (χ0v) is 15.5. The van der Waals surface area contributed by atoms with E-state index in [0.717, 1.165) is 0 Å². The minimum absolute atomic E-state index is 0.107. The third-order valence-electron chi connectivity index (χ3n) is 4.56. The van der Waals surface area contributed by atoms with Crippen LogP contribution in [0.3, 0.4) is 0 Å². The summed E-state index contributed by atoms with van der Waals surface area (Å²) in [5.41, 5.74) is 1.36. The Hall–Kier alpha value is -3.31. The maximum absolute atomic E-state index is 12.5. The Balaban J connectivity index is 1.92. The Morgan fingerprint density at radius 2 is 2.00 bits per heavy atom. The fraction of sp³-hybridized carbons (Fsp3) is 0.316. The third-order valence-corrected chi connectivity index (χ3v) is 4.56. The highest BCUT2D eigenvalue weighted by Gasteiger charge is 2.15. The summed E-state index contributed by atoms with van der Waals surface area (Å²) in [5.74, 6) is 0.512. The van der Waals surface area contributed by atoms with Gasteiger partial charge in [0, 0.05) is 0 Å². The molecule has 0 saturated carbocycles. The number of aromatic nitrogens is 4. The van der Waals surface area contributed by atoms with E-state index in [2.05, 4.69) is 15.1 Å². The van der Waals surface area contributed by atoms with Crippen molar-refractivity contribution in [2.45, 2.75) is 34.0 Å². The van der Waals surface area contributed by atoms with Crippen molar-refractivity contribution in [1.29, 1.82) is 5.26 Å². The van der Waals surface area contributed by atoms with Crippen molar-refractivity contribution in [2.75, 3.05) is 6.54 Å². The van der Waals surface area contributed by atoms with Gasteiger partial charge in [0.05, 0.1) is 29.8 Å². The van der Waals surface area contributed by atoms with Crippen LogP contribution in [0.1, 0.15) is 29.6 Å². The van der Waals surface area contributed by atoms with Gasteiger partial charge in [-0.3, -0.25) is 14.5 Å². The number of H-pyrrole nitrogens is 1. The van der Waals surface area contributed by atoms with E-state index in [1.54, 1.807) is 32.0 Å². The molecule has 0 fully saturated rings. The maximum Gasteiger partial charge on any atom is 0.286 e. The van der Waals surface area contributed by atoms with Crippen LogP contribution in [0.15, 0.2) is 33.9 Å². The molecule has 1 aromatic carbocycles. The lowest BCUT2D eigenvalue weighted by molar-refractivity contribution is 0.198. The first-order chi connectivity index (χ1) is 12.9. The molecule has 2 heterocycles. The molecule has 8 nitrogen and oxygen atoms in total. The summed E-state index contributed by atoms with van der Waals surface area (Å²) in [6.45, 7) is 6.58. The van der Waals surface area contributed by atoms with Crippen molar-refractivity contribution in [3.63, 3.8) is 0 Å². The van der Waals surface area contributed by atoms with Crippen LogP contribution in [0.5, 0.6) is 0 Å². The summed E-state index contributed by atoms with van der Waals surface area (Å²) in [6.07, 6.45) is 0. The van der Waals surface area contributed by atoms with E-state index in [-0.39, 0.29) is 17.8 Å². The maximum atomic E-state index is 12.5. The number of aromatic amines is 1. The average Bonchev–Trinajstić information content (AvgIpc) is 2.66. The third kappa shape index (κ3) is 3.64. The second kappa shape index (κ2) is 7.51. The quantitative estimate of drug-likeness (QED) is 0.734. The molecule has 0 spiro atoms. The van der Waals surface area contributed by atoms with Gasteiger partial charge in [0.25, 0.3) is 11.1 Å². The molecule has 2 aromatic heterocycles. The summed E-state index contributed by atoms with van der Waals surface area (Å²) in [5, 5.41) is 14.1.